The third-order valence-electron chi connectivity index (χ3n) is 3.95. The quantitative estimate of drug-likeness (QED) is 0.576. The topological polar surface area (TPSA) is 63.6 Å². The summed E-state index contributed by atoms with van der Waals surface area (Å²) in [4.78, 5) is 19.0. The molecule has 4 rings (SSSR count). The average molecular weight is 290 g/mol. The molecule has 1 N–H and O–H groups in total. The van der Waals surface area contributed by atoms with E-state index in [1.54, 1.807) is 6.92 Å². The number of pyridine rings is 1. The lowest BCUT2D eigenvalue weighted by Crippen LogP contribution is -1.92. The number of nitrogens with one attached hydrogen (secondary N) is 1. The molecule has 5 heteroatoms. The first-order valence-electron chi connectivity index (χ1n) is 7.05. The predicted octanol–water partition coefficient (Wildman–Crippen LogP) is 3.32. The van der Waals surface area contributed by atoms with Crippen LogP contribution >= 0.6 is 0 Å². The van der Waals surface area contributed by atoms with Crippen molar-refractivity contribution in [3.05, 3.63) is 48.3 Å². The van der Waals surface area contributed by atoms with Crippen molar-refractivity contribution in [3.8, 4) is 11.3 Å². The molecule has 0 radical (unpaired) electrons. The number of benzene rings is 1. The number of aromatic amines is 1. The molecule has 0 bridgehead atoms. The average Bonchev–Trinajstić information content (AvgIpc) is 3.11. The zero-order valence-corrected chi connectivity index (χ0v) is 12.3. The highest BCUT2D eigenvalue weighted by Crippen LogP contribution is 2.31. The standard InChI is InChI=1S/C17H14N4O/c1-10(22)11-3-5-12(6-4-11)15-14-9-19-17-13(7-8-18-17)16(14)21(2)20-15/h3-9H,1-2H3,(H,18,19). The largest absolute Gasteiger partial charge is 0.346 e. The van der Waals surface area contributed by atoms with Crippen LogP contribution in [0.4, 0.5) is 0 Å². The number of hydrogen-bond acceptors (Lipinski definition) is 3. The minimum atomic E-state index is 0.0631. The summed E-state index contributed by atoms with van der Waals surface area (Å²) in [5.41, 5.74) is 4.47. The third kappa shape index (κ3) is 1.75. The molecular weight excluding hydrogens is 276 g/mol. The van der Waals surface area contributed by atoms with E-state index in [4.69, 9.17) is 0 Å². The Bertz CT molecular complexity index is 1010. The lowest BCUT2D eigenvalue weighted by molar-refractivity contribution is 0.101. The van der Waals surface area contributed by atoms with E-state index in [0.29, 0.717) is 5.56 Å². The summed E-state index contributed by atoms with van der Waals surface area (Å²) in [5.74, 6) is 0.0631. The maximum Gasteiger partial charge on any atom is 0.159 e. The van der Waals surface area contributed by atoms with Crippen molar-refractivity contribution in [2.75, 3.05) is 0 Å². The van der Waals surface area contributed by atoms with Gasteiger partial charge in [-0.2, -0.15) is 5.10 Å². The van der Waals surface area contributed by atoms with E-state index in [1.165, 1.54) is 0 Å². The molecular formula is C17H14N4O. The van der Waals surface area contributed by atoms with E-state index in [9.17, 15) is 4.79 Å². The number of rotatable bonds is 2. The van der Waals surface area contributed by atoms with Crippen LogP contribution in [0.25, 0.3) is 33.2 Å². The first kappa shape index (κ1) is 12.8. The van der Waals surface area contributed by atoms with Gasteiger partial charge in [0.05, 0.1) is 5.52 Å². The van der Waals surface area contributed by atoms with E-state index in [2.05, 4.69) is 15.1 Å². The Kier molecular flexibility index (Phi) is 2.63. The number of carbonyl (C=O) groups is 1. The van der Waals surface area contributed by atoms with E-state index in [0.717, 1.165) is 33.2 Å². The van der Waals surface area contributed by atoms with E-state index in [-0.39, 0.29) is 5.78 Å². The molecule has 1 aromatic carbocycles. The van der Waals surface area contributed by atoms with Gasteiger partial charge in [0.25, 0.3) is 0 Å². The Labute approximate surface area is 126 Å². The fourth-order valence-corrected chi connectivity index (χ4v) is 2.85. The Hall–Kier alpha value is -2.95. The van der Waals surface area contributed by atoms with Crippen molar-refractivity contribution in [1.29, 1.82) is 0 Å². The summed E-state index contributed by atoms with van der Waals surface area (Å²) in [6.45, 7) is 1.57. The summed E-state index contributed by atoms with van der Waals surface area (Å²) in [5, 5.41) is 6.70. The number of nitrogens with zero attached hydrogens (tertiary/aromatic N) is 3. The highest BCUT2D eigenvalue weighted by Gasteiger charge is 2.14. The SMILES string of the molecule is CC(=O)c1ccc(-c2nn(C)c3c2cnc2[nH]ccc23)cc1. The van der Waals surface area contributed by atoms with Gasteiger partial charge in [0.2, 0.25) is 0 Å². The van der Waals surface area contributed by atoms with Gasteiger partial charge in [-0.3, -0.25) is 9.48 Å². The molecule has 0 atom stereocenters. The number of H-pyrrole nitrogens is 1. The number of aryl methyl sites for hydroxylation is 1. The molecule has 4 aromatic rings. The Balaban J connectivity index is 1.97. The van der Waals surface area contributed by atoms with Crippen LogP contribution in [0.5, 0.6) is 0 Å². The molecule has 0 spiro atoms. The van der Waals surface area contributed by atoms with Crippen LogP contribution in [0.2, 0.25) is 0 Å². The molecule has 3 aromatic heterocycles. The normalized spacial score (nSPS) is 11.4. The van der Waals surface area contributed by atoms with E-state index in [1.807, 2.05) is 54.5 Å². The van der Waals surface area contributed by atoms with Gasteiger partial charge in [-0.25, -0.2) is 4.98 Å². The smallest absolute Gasteiger partial charge is 0.159 e. The van der Waals surface area contributed by atoms with Gasteiger partial charge in [0.1, 0.15) is 11.3 Å². The summed E-state index contributed by atoms with van der Waals surface area (Å²) in [6.07, 6.45) is 3.72. The van der Waals surface area contributed by atoms with Crippen LogP contribution < -0.4 is 0 Å². The summed E-state index contributed by atoms with van der Waals surface area (Å²) < 4.78 is 1.88. The van der Waals surface area contributed by atoms with Crippen molar-refractivity contribution in [1.82, 2.24) is 19.7 Å². The monoisotopic (exact) mass is 290 g/mol. The van der Waals surface area contributed by atoms with Gasteiger partial charge in [0.15, 0.2) is 5.78 Å². The molecule has 108 valence electrons. The van der Waals surface area contributed by atoms with Crippen molar-refractivity contribution in [2.45, 2.75) is 6.92 Å². The summed E-state index contributed by atoms with van der Waals surface area (Å²) in [7, 11) is 1.93. The molecule has 0 saturated carbocycles. The minimum Gasteiger partial charge on any atom is -0.346 e. The van der Waals surface area contributed by atoms with Crippen LogP contribution in [-0.4, -0.2) is 25.5 Å². The lowest BCUT2D eigenvalue weighted by atomic mass is 10.0. The third-order valence-corrected chi connectivity index (χ3v) is 3.95. The van der Waals surface area contributed by atoms with Gasteiger partial charge in [0, 0.05) is 41.3 Å². The second-order valence-corrected chi connectivity index (χ2v) is 5.37. The van der Waals surface area contributed by atoms with Crippen molar-refractivity contribution in [3.63, 3.8) is 0 Å². The van der Waals surface area contributed by atoms with Crippen LogP contribution in [0.1, 0.15) is 17.3 Å². The Morgan fingerprint density at radius 3 is 2.64 bits per heavy atom. The highest BCUT2D eigenvalue weighted by atomic mass is 16.1. The zero-order chi connectivity index (χ0) is 15.3. The molecule has 0 unspecified atom stereocenters. The summed E-state index contributed by atoms with van der Waals surface area (Å²) >= 11 is 0. The molecule has 0 amide bonds. The number of fused-ring (bicyclic) bond motifs is 3. The predicted molar refractivity (Wildman–Crippen MR) is 85.8 cm³/mol. The van der Waals surface area contributed by atoms with E-state index < -0.39 is 0 Å². The number of hydrogen-bond donors (Lipinski definition) is 1. The number of Topliss-reactive ketones (excluding diaryl/α,β-unsaturated/α-hetero) is 1. The molecule has 0 fully saturated rings. The molecule has 3 heterocycles. The molecule has 22 heavy (non-hydrogen) atoms. The lowest BCUT2D eigenvalue weighted by Gasteiger charge is -2.00. The maximum absolute atomic E-state index is 11.4. The van der Waals surface area contributed by atoms with E-state index >= 15 is 0 Å². The van der Waals surface area contributed by atoms with Gasteiger partial charge < -0.3 is 4.98 Å². The van der Waals surface area contributed by atoms with Crippen molar-refractivity contribution in [2.24, 2.45) is 7.05 Å². The van der Waals surface area contributed by atoms with Gasteiger partial charge in [-0.1, -0.05) is 24.3 Å². The van der Waals surface area contributed by atoms with Crippen LogP contribution in [0, 0.1) is 0 Å². The van der Waals surface area contributed by atoms with Crippen LogP contribution in [0.15, 0.2) is 42.7 Å². The second-order valence-electron chi connectivity index (χ2n) is 5.37. The fraction of sp³-hybridized carbons (Fsp3) is 0.118. The Morgan fingerprint density at radius 1 is 1.14 bits per heavy atom. The zero-order valence-electron chi connectivity index (χ0n) is 12.3. The van der Waals surface area contributed by atoms with Gasteiger partial charge in [-0.05, 0) is 13.0 Å². The van der Waals surface area contributed by atoms with Gasteiger partial charge in [-0.15, -0.1) is 0 Å². The summed E-state index contributed by atoms with van der Waals surface area (Å²) in [6, 6.07) is 9.54. The molecule has 5 nitrogen and oxygen atoms in total. The Morgan fingerprint density at radius 2 is 1.91 bits per heavy atom. The first-order chi connectivity index (χ1) is 10.6. The number of aromatic nitrogens is 4. The van der Waals surface area contributed by atoms with Crippen molar-refractivity contribution >= 4 is 27.7 Å². The first-order valence-corrected chi connectivity index (χ1v) is 7.05. The van der Waals surface area contributed by atoms with Crippen LogP contribution in [0.3, 0.4) is 0 Å². The second kappa shape index (κ2) is 4.53. The number of ketones is 1. The maximum atomic E-state index is 11.4. The molecule has 0 aliphatic carbocycles. The molecule has 0 saturated heterocycles. The van der Waals surface area contributed by atoms with Crippen molar-refractivity contribution < 1.29 is 4.79 Å². The van der Waals surface area contributed by atoms with Crippen LogP contribution in [-0.2, 0) is 7.05 Å². The molecule has 0 aliphatic heterocycles. The fourth-order valence-electron chi connectivity index (χ4n) is 2.85. The molecule has 0 aliphatic rings. The highest BCUT2D eigenvalue weighted by molar-refractivity contribution is 6.07. The minimum absolute atomic E-state index is 0.0631. The van der Waals surface area contributed by atoms with Gasteiger partial charge >= 0.3 is 0 Å². The number of carbonyl (C=O) groups excluding carboxylic acids is 1.